The fraction of sp³-hybridized carbons (Fsp3) is 0.353. The van der Waals surface area contributed by atoms with Crippen molar-refractivity contribution < 1.29 is 9.47 Å². The van der Waals surface area contributed by atoms with E-state index in [1.54, 1.807) is 17.9 Å². The highest BCUT2D eigenvalue weighted by atomic mass is 16.7. The lowest BCUT2D eigenvalue weighted by molar-refractivity contribution is -0.0621. The quantitative estimate of drug-likeness (QED) is 0.694. The smallest absolute Gasteiger partial charge is 0.332 e. The summed E-state index contributed by atoms with van der Waals surface area (Å²) in [4.78, 5) is 28.7. The highest BCUT2D eigenvalue weighted by Crippen LogP contribution is 2.27. The lowest BCUT2D eigenvalue weighted by Crippen LogP contribution is -2.37. The van der Waals surface area contributed by atoms with E-state index in [1.807, 2.05) is 30.3 Å². The molecule has 130 valence electrons. The van der Waals surface area contributed by atoms with Crippen LogP contribution in [0.2, 0.25) is 0 Å². The molecule has 3 heterocycles. The van der Waals surface area contributed by atoms with Gasteiger partial charge in [0.1, 0.15) is 6.10 Å². The maximum atomic E-state index is 12.5. The standard InChI is InChI=1S/C17H18N4O4/c1-19-14-13(15(22)20(2)17(19)23)21(10-18-14)8-12-9-24-16(25-12)11-6-4-3-5-7-11/h3-7,10,12,16H,8-9H2,1-2H3/t12?,16-/m0/s1. The first kappa shape index (κ1) is 15.8. The Morgan fingerprint density at radius 1 is 1.16 bits per heavy atom. The second kappa shape index (κ2) is 5.98. The Kier molecular flexibility index (Phi) is 3.78. The summed E-state index contributed by atoms with van der Waals surface area (Å²) < 4.78 is 15.8. The third-order valence-electron chi connectivity index (χ3n) is 4.44. The summed E-state index contributed by atoms with van der Waals surface area (Å²) in [6.07, 6.45) is 0.947. The van der Waals surface area contributed by atoms with Crippen molar-refractivity contribution in [3.8, 4) is 0 Å². The normalized spacial score (nSPS) is 20.4. The van der Waals surface area contributed by atoms with Crippen molar-refractivity contribution >= 4 is 11.2 Å². The fourth-order valence-corrected chi connectivity index (χ4v) is 3.08. The second-order valence-corrected chi connectivity index (χ2v) is 6.11. The zero-order chi connectivity index (χ0) is 17.6. The molecule has 0 amide bonds. The third kappa shape index (κ3) is 2.59. The van der Waals surface area contributed by atoms with Crippen LogP contribution in [0.5, 0.6) is 0 Å². The van der Waals surface area contributed by atoms with Gasteiger partial charge in [0.25, 0.3) is 5.56 Å². The van der Waals surface area contributed by atoms with Crippen LogP contribution in [0.25, 0.3) is 11.2 Å². The number of rotatable bonds is 3. The van der Waals surface area contributed by atoms with Crippen molar-refractivity contribution in [2.75, 3.05) is 6.61 Å². The molecule has 4 rings (SSSR count). The van der Waals surface area contributed by atoms with Crippen molar-refractivity contribution in [3.63, 3.8) is 0 Å². The van der Waals surface area contributed by atoms with Gasteiger partial charge in [0.05, 0.1) is 19.5 Å². The Hall–Kier alpha value is -2.71. The number of benzene rings is 1. The topological polar surface area (TPSA) is 80.3 Å². The van der Waals surface area contributed by atoms with Crippen molar-refractivity contribution in [1.82, 2.24) is 18.7 Å². The third-order valence-corrected chi connectivity index (χ3v) is 4.44. The maximum Gasteiger partial charge on any atom is 0.332 e. The predicted molar refractivity (Wildman–Crippen MR) is 90.2 cm³/mol. The number of nitrogens with zero attached hydrogens (tertiary/aromatic N) is 4. The molecule has 8 heteroatoms. The summed E-state index contributed by atoms with van der Waals surface area (Å²) >= 11 is 0. The van der Waals surface area contributed by atoms with Crippen LogP contribution in [0, 0.1) is 0 Å². The molecule has 0 N–H and O–H groups in total. The summed E-state index contributed by atoms with van der Waals surface area (Å²) in [6.45, 7) is 0.846. The highest BCUT2D eigenvalue weighted by Gasteiger charge is 2.28. The monoisotopic (exact) mass is 342 g/mol. The molecule has 0 radical (unpaired) electrons. The number of ether oxygens (including phenoxy) is 2. The number of imidazole rings is 1. The van der Waals surface area contributed by atoms with Gasteiger partial charge in [0.2, 0.25) is 0 Å². The summed E-state index contributed by atoms with van der Waals surface area (Å²) in [5.74, 6) is 0. The van der Waals surface area contributed by atoms with Crippen LogP contribution >= 0.6 is 0 Å². The molecule has 1 aliphatic heterocycles. The van der Waals surface area contributed by atoms with E-state index >= 15 is 0 Å². The average Bonchev–Trinajstić information content (AvgIpc) is 3.27. The lowest BCUT2D eigenvalue weighted by Gasteiger charge is -2.13. The molecule has 8 nitrogen and oxygen atoms in total. The minimum absolute atomic E-state index is 0.204. The van der Waals surface area contributed by atoms with E-state index in [2.05, 4.69) is 4.98 Å². The summed E-state index contributed by atoms with van der Waals surface area (Å²) in [5.41, 5.74) is 0.947. The number of aromatic nitrogens is 4. The van der Waals surface area contributed by atoms with Gasteiger partial charge in [0, 0.05) is 19.7 Å². The lowest BCUT2D eigenvalue weighted by atomic mass is 10.2. The largest absolute Gasteiger partial charge is 0.346 e. The van der Waals surface area contributed by atoms with E-state index in [9.17, 15) is 9.59 Å². The SMILES string of the molecule is Cn1c(=O)c2c(ncn2CC2CO[C@H](c3ccccc3)O2)n(C)c1=O. The molecule has 0 aliphatic carbocycles. The van der Waals surface area contributed by atoms with Gasteiger partial charge in [-0.2, -0.15) is 0 Å². The molecule has 0 bridgehead atoms. The minimum Gasteiger partial charge on any atom is -0.346 e. The van der Waals surface area contributed by atoms with E-state index in [0.29, 0.717) is 24.3 Å². The first-order chi connectivity index (χ1) is 12.1. The Bertz CT molecular complexity index is 1030. The Morgan fingerprint density at radius 3 is 2.68 bits per heavy atom. The first-order valence-electron chi connectivity index (χ1n) is 7.99. The summed E-state index contributed by atoms with van der Waals surface area (Å²) in [7, 11) is 3.06. The Labute approximate surface area is 142 Å². The van der Waals surface area contributed by atoms with Crippen molar-refractivity contribution in [1.29, 1.82) is 0 Å². The van der Waals surface area contributed by atoms with E-state index in [1.165, 1.54) is 11.6 Å². The van der Waals surface area contributed by atoms with E-state index < -0.39 is 12.0 Å². The Morgan fingerprint density at radius 2 is 1.92 bits per heavy atom. The van der Waals surface area contributed by atoms with E-state index in [4.69, 9.17) is 9.47 Å². The van der Waals surface area contributed by atoms with Crippen LogP contribution in [-0.4, -0.2) is 31.4 Å². The van der Waals surface area contributed by atoms with Gasteiger partial charge in [-0.25, -0.2) is 9.78 Å². The number of hydrogen-bond acceptors (Lipinski definition) is 5. The molecular formula is C17H18N4O4. The predicted octanol–water partition coefficient (Wildman–Crippen LogP) is 0.548. The number of hydrogen-bond donors (Lipinski definition) is 0. The first-order valence-corrected chi connectivity index (χ1v) is 7.99. The van der Waals surface area contributed by atoms with Crippen molar-refractivity contribution in [2.45, 2.75) is 18.9 Å². The molecule has 0 spiro atoms. The Balaban J connectivity index is 1.62. The zero-order valence-corrected chi connectivity index (χ0v) is 14.0. The maximum absolute atomic E-state index is 12.5. The molecule has 2 aromatic heterocycles. The second-order valence-electron chi connectivity index (χ2n) is 6.11. The van der Waals surface area contributed by atoms with Crippen molar-refractivity contribution in [3.05, 3.63) is 63.1 Å². The summed E-state index contributed by atoms with van der Waals surface area (Å²) in [6, 6.07) is 9.70. The van der Waals surface area contributed by atoms with Crippen LogP contribution < -0.4 is 11.2 Å². The van der Waals surface area contributed by atoms with Gasteiger partial charge in [-0.3, -0.25) is 13.9 Å². The van der Waals surface area contributed by atoms with Gasteiger partial charge in [-0.05, 0) is 0 Å². The molecule has 1 aliphatic rings. The number of fused-ring (bicyclic) bond motifs is 1. The molecule has 3 aromatic rings. The van der Waals surface area contributed by atoms with Crippen LogP contribution in [0.4, 0.5) is 0 Å². The molecule has 25 heavy (non-hydrogen) atoms. The zero-order valence-electron chi connectivity index (χ0n) is 14.0. The van der Waals surface area contributed by atoms with Gasteiger partial charge in [0.15, 0.2) is 17.5 Å². The van der Waals surface area contributed by atoms with E-state index in [0.717, 1.165) is 10.1 Å². The van der Waals surface area contributed by atoms with Crippen LogP contribution in [0.15, 0.2) is 46.2 Å². The van der Waals surface area contributed by atoms with Gasteiger partial charge in [-0.15, -0.1) is 0 Å². The fourth-order valence-electron chi connectivity index (χ4n) is 3.08. The molecule has 1 unspecified atom stereocenters. The molecular weight excluding hydrogens is 324 g/mol. The van der Waals surface area contributed by atoms with Crippen molar-refractivity contribution in [2.24, 2.45) is 14.1 Å². The van der Waals surface area contributed by atoms with Gasteiger partial charge >= 0.3 is 5.69 Å². The van der Waals surface area contributed by atoms with Gasteiger partial charge in [-0.1, -0.05) is 30.3 Å². The van der Waals surface area contributed by atoms with E-state index in [-0.39, 0.29) is 11.7 Å². The number of aryl methyl sites for hydroxylation is 1. The molecule has 1 fully saturated rings. The van der Waals surface area contributed by atoms with Crippen LogP contribution in [0.3, 0.4) is 0 Å². The highest BCUT2D eigenvalue weighted by molar-refractivity contribution is 5.69. The molecule has 2 atom stereocenters. The molecule has 1 saturated heterocycles. The minimum atomic E-state index is -0.409. The van der Waals surface area contributed by atoms with Crippen LogP contribution in [0.1, 0.15) is 11.9 Å². The van der Waals surface area contributed by atoms with Crippen LogP contribution in [-0.2, 0) is 30.1 Å². The molecule has 1 aromatic carbocycles. The van der Waals surface area contributed by atoms with Gasteiger partial charge < -0.3 is 14.0 Å². The summed E-state index contributed by atoms with van der Waals surface area (Å²) in [5, 5.41) is 0. The molecule has 0 saturated carbocycles. The average molecular weight is 342 g/mol.